The first-order valence-electron chi connectivity index (χ1n) is 8.20. The number of benzene rings is 2. The van der Waals surface area contributed by atoms with Crippen molar-refractivity contribution in [2.45, 2.75) is 19.4 Å². The van der Waals surface area contributed by atoms with Crippen LogP contribution < -0.4 is 4.74 Å². The summed E-state index contributed by atoms with van der Waals surface area (Å²) < 4.78 is 21.1. The van der Waals surface area contributed by atoms with Crippen molar-refractivity contribution in [3.05, 3.63) is 77.6 Å². The first-order valence-corrected chi connectivity index (χ1v) is 8.20. The molecule has 128 valence electrons. The molecule has 3 aromatic rings. The molecule has 0 spiro atoms. The molecule has 2 aromatic carbocycles. The minimum atomic E-state index is -0.403. The molecule has 0 atom stereocenters. The lowest BCUT2D eigenvalue weighted by molar-refractivity contribution is 0.415. The van der Waals surface area contributed by atoms with Crippen LogP contribution in [0.2, 0.25) is 0 Å². The third kappa shape index (κ3) is 4.76. The fourth-order valence-electron chi connectivity index (χ4n) is 2.53. The van der Waals surface area contributed by atoms with Gasteiger partial charge in [0.1, 0.15) is 11.4 Å². The lowest BCUT2D eigenvalue weighted by atomic mass is 10.1. The van der Waals surface area contributed by atoms with Crippen LogP contribution in [0.15, 0.2) is 60.8 Å². The molecule has 0 saturated carbocycles. The zero-order valence-corrected chi connectivity index (χ0v) is 14.1. The topological polar surface area (TPSA) is 39.9 Å². The van der Waals surface area contributed by atoms with Crippen LogP contribution in [0.5, 0.6) is 5.75 Å². The maximum atomic E-state index is 14.3. The minimum Gasteiger partial charge on any atom is -0.497 e. The number of hydrogen-bond acceptors (Lipinski definition) is 3. The fraction of sp³-hybridized carbons (Fsp3) is 0.200. The van der Waals surface area contributed by atoms with E-state index in [1.807, 2.05) is 18.2 Å². The number of aromatic nitrogens is 3. The van der Waals surface area contributed by atoms with Crippen molar-refractivity contribution in [1.82, 2.24) is 15.0 Å². The van der Waals surface area contributed by atoms with Gasteiger partial charge in [-0.05, 0) is 42.2 Å². The Morgan fingerprint density at radius 2 is 1.88 bits per heavy atom. The molecule has 0 radical (unpaired) electrons. The van der Waals surface area contributed by atoms with Crippen molar-refractivity contribution < 1.29 is 9.13 Å². The standard InChI is InChI=1S/C20H20FN3O/c1-25-18-11-9-17(10-12-18)14-19(21)20-15-24(23-22-20)13-5-8-16-6-3-2-4-7-16/h2-4,6-7,9-12,14-15H,5,8,13H2,1H3/b19-14-. The molecule has 0 amide bonds. The van der Waals surface area contributed by atoms with Crippen molar-refractivity contribution in [2.24, 2.45) is 0 Å². The second-order valence-electron chi connectivity index (χ2n) is 5.72. The van der Waals surface area contributed by atoms with Crippen LogP contribution in [-0.2, 0) is 13.0 Å². The molecule has 0 saturated heterocycles. The molecule has 3 rings (SSSR count). The number of nitrogens with zero attached hydrogens (tertiary/aromatic N) is 3. The Kier molecular flexibility index (Phi) is 5.57. The van der Waals surface area contributed by atoms with Crippen LogP contribution in [0.4, 0.5) is 4.39 Å². The summed E-state index contributed by atoms with van der Waals surface area (Å²) in [6.45, 7) is 0.706. The highest BCUT2D eigenvalue weighted by Crippen LogP contribution is 2.19. The summed E-state index contributed by atoms with van der Waals surface area (Å²) in [6, 6.07) is 17.4. The summed E-state index contributed by atoms with van der Waals surface area (Å²) in [5.41, 5.74) is 2.28. The molecule has 0 aliphatic rings. The predicted octanol–water partition coefficient (Wildman–Crippen LogP) is 4.39. The smallest absolute Gasteiger partial charge is 0.152 e. The maximum absolute atomic E-state index is 14.3. The number of ether oxygens (including phenoxy) is 1. The molecule has 0 bridgehead atoms. The number of methoxy groups -OCH3 is 1. The molecule has 5 heteroatoms. The summed E-state index contributed by atoms with van der Waals surface area (Å²) in [5.74, 6) is 0.335. The van der Waals surface area contributed by atoms with Crippen molar-refractivity contribution in [1.29, 1.82) is 0 Å². The molecule has 1 aromatic heterocycles. The molecule has 0 aliphatic heterocycles. The monoisotopic (exact) mass is 337 g/mol. The minimum absolute atomic E-state index is 0.246. The van der Waals surface area contributed by atoms with E-state index in [2.05, 4.69) is 22.4 Å². The Morgan fingerprint density at radius 1 is 1.12 bits per heavy atom. The van der Waals surface area contributed by atoms with Gasteiger partial charge in [-0.3, -0.25) is 4.68 Å². The van der Waals surface area contributed by atoms with Gasteiger partial charge in [0, 0.05) is 6.54 Å². The number of aryl methyl sites for hydroxylation is 2. The summed E-state index contributed by atoms with van der Waals surface area (Å²) in [7, 11) is 1.60. The van der Waals surface area contributed by atoms with Gasteiger partial charge in [0.15, 0.2) is 5.83 Å². The van der Waals surface area contributed by atoms with Gasteiger partial charge >= 0.3 is 0 Å². The number of hydrogen-bond donors (Lipinski definition) is 0. The van der Waals surface area contributed by atoms with E-state index in [-0.39, 0.29) is 5.69 Å². The Morgan fingerprint density at radius 3 is 2.60 bits per heavy atom. The van der Waals surface area contributed by atoms with Gasteiger partial charge in [-0.25, -0.2) is 4.39 Å². The van der Waals surface area contributed by atoms with E-state index in [9.17, 15) is 4.39 Å². The van der Waals surface area contributed by atoms with Crippen LogP contribution in [0, 0.1) is 0 Å². The van der Waals surface area contributed by atoms with Crippen LogP contribution in [0.25, 0.3) is 11.9 Å². The summed E-state index contributed by atoms with van der Waals surface area (Å²) in [5, 5.41) is 7.92. The van der Waals surface area contributed by atoms with E-state index in [1.165, 1.54) is 11.6 Å². The summed E-state index contributed by atoms with van der Waals surface area (Å²) in [4.78, 5) is 0. The second-order valence-corrected chi connectivity index (χ2v) is 5.72. The van der Waals surface area contributed by atoms with Crippen LogP contribution in [0.1, 0.15) is 23.2 Å². The Labute approximate surface area is 146 Å². The van der Waals surface area contributed by atoms with E-state index < -0.39 is 5.83 Å². The fourth-order valence-corrected chi connectivity index (χ4v) is 2.53. The first-order chi connectivity index (χ1) is 12.2. The average Bonchev–Trinajstić information content (AvgIpc) is 3.12. The highest BCUT2D eigenvalue weighted by atomic mass is 19.1. The quantitative estimate of drug-likeness (QED) is 0.642. The SMILES string of the molecule is COc1ccc(/C=C(\F)c2cn(CCCc3ccccc3)nn2)cc1. The Hall–Kier alpha value is -2.95. The van der Waals surface area contributed by atoms with E-state index >= 15 is 0 Å². The zero-order valence-electron chi connectivity index (χ0n) is 14.1. The lowest BCUT2D eigenvalue weighted by Gasteiger charge is -2.01. The highest BCUT2D eigenvalue weighted by molar-refractivity contribution is 5.74. The van der Waals surface area contributed by atoms with Gasteiger partial charge in [0.2, 0.25) is 0 Å². The molecule has 0 N–H and O–H groups in total. The van der Waals surface area contributed by atoms with Crippen molar-refractivity contribution in [3.8, 4) is 5.75 Å². The van der Waals surface area contributed by atoms with E-state index in [0.717, 1.165) is 24.2 Å². The van der Waals surface area contributed by atoms with E-state index in [4.69, 9.17) is 4.74 Å². The van der Waals surface area contributed by atoms with Crippen molar-refractivity contribution in [3.63, 3.8) is 0 Å². The largest absolute Gasteiger partial charge is 0.497 e. The Bertz CT molecular complexity index is 826. The lowest BCUT2D eigenvalue weighted by Crippen LogP contribution is -2.00. The third-order valence-electron chi connectivity index (χ3n) is 3.89. The van der Waals surface area contributed by atoms with Gasteiger partial charge < -0.3 is 4.74 Å². The van der Waals surface area contributed by atoms with Gasteiger partial charge in [-0.15, -0.1) is 5.10 Å². The first kappa shape index (κ1) is 16.9. The van der Waals surface area contributed by atoms with Crippen LogP contribution in [0.3, 0.4) is 0 Å². The van der Waals surface area contributed by atoms with Gasteiger partial charge in [-0.1, -0.05) is 47.7 Å². The predicted molar refractivity (Wildman–Crippen MR) is 96.8 cm³/mol. The average molecular weight is 337 g/mol. The highest BCUT2D eigenvalue weighted by Gasteiger charge is 2.07. The normalized spacial score (nSPS) is 11.5. The number of rotatable bonds is 7. The van der Waals surface area contributed by atoms with Gasteiger partial charge in [0.05, 0.1) is 13.3 Å². The van der Waals surface area contributed by atoms with E-state index in [1.54, 1.807) is 42.3 Å². The molecule has 0 unspecified atom stereocenters. The van der Waals surface area contributed by atoms with E-state index in [0.29, 0.717) is 6.54 Å². The summed E-state index contributed by atoms with van der Waals surface area (Å²) >= 11 is 0. The molecule has 1 heterocycles. The molecule has 0 fully saturated rings. The van der Waals surface area contributed by atoms with Gasteiger partial charge in [0.25, 0.3) is 0 Å². The maximum Gasteiger partial charge on any atom is 0.152 e. The number of halogens is 1. The van der Waals surface area contributed by atoms with Crippen LogP contribution >= 0.6 is 0 Å². The van der Waals surface area contributed by atoms with Crippen molar-refractivity contribution >= 4 is 11.9 Å². The molecule has 4 nitrogen and oxygen atoms in total. The Balaban J connectivity index is 1.58. The molecular formula is C20H20FN3O. The second kappa shape index (κ2) is 8.24. The molecule has 25 heavy (non-hydrogen) atoms. The molecular weight excluding hydrogens is 317 g/mol. The molecule has 0 aliphatic carbocycles. The third-order valence-corrected chi connectivity index (χ3v) is 3.89. The zero-order chi connectivity index (χ0) is 17.5. The van der Waals surface area contributed by atoms with Crippen LogP contribution in [-0.4, -0.2) is 22.1 Å². The van der Waals surface area contributed by atoms with Crippen molar-refractivity contribution in [2.75, 3.05) is 7.11 Å². The summed E-state index contributed by atoms with van der Waals surface area (Å²) in [6.07, 6.45) is 4.97. The van der Waals surface area contributed by atoms with Gasteiger partial charge in [-0.2, -0.15) is 0 Å².